The number of carbonyl (C=O) groups is 1. The number of nitro benzene ring substituents is 1. The molecule has 6 heteroatoms. The third-order valence-electron chi connectivity index (χ3n) is 4.46. The van der Waals surface area contributed by atoms with E-state index in [4.69, 9.17) is 0 Å². The minimum Gasteiger partial charge on any atom is -0.372 e. The predicted molar refractivity (Wildman–Crippen MR) is 110 cm³/mol. The molecule has 0 saturated heterocycles. The van der Waals surface area contributed by atoms with Crippen LogP contribution in [0.2, 0.25) is 0 Å². The summed E-state index contributed by atoms with van der Waals surface area (Å²) in [5.41, 5.74) is 2.45. The molecule has 3 aromatic rings. The van der Waals surface area contributed by atoms with Crippen molar-refractivity contribution in [3.8, 4) is 0 Å². The summed E-state index contributed by atoms with van der Waals surface area (Å²) >= 11 is 0. The molecule has 0 bridgehead atoms. The molecule has 0 fully saturated rings. The van der Waals surface area contributed by atoms with Crippen LogP contribution < -0.4 is 10.2 Å². The van der Waals surface area contributed by atoms with Crippen LogP contribution in [0.3, 0.4) is 0 Å². The smallest absolute Gasteiger partial charge is 0.293 e. The van der Waals surface area contributed by atoms with Crippen molar-refractivity contribution in [1.82, 2.24) is 5.32 Å². The van der Waals surface area contributed by atoms with Crippen LogP contribution >= 0.6 is 0 Å². The van der Waals surface area contributed by atoms with E-state index in [1.54, 1.807) is 31.1 Å². The molecule has 1 N–H and O–H groups in total. The lowest BCUT2D eigenvalue weighted by Crippen LogP contribution is -2.29. The molecule has 0 unspecified atom stereocenters. The van der Waals surface area contributed by atoms with Crippen molar-refractivity contribution in [2.24, 2.45) is 0 Å². The van der Waals surface area contributed by atoms with Crippen LogP contribution in [0.15, 0.2) is 78.9 Å². The van der Waals surface area contributed by atoms with Gasteiger partial charge in [-0.15, -0.1) is 0 Å². The highest BCUT2D eigenvalue weighted by Gasteiger charge is 2.22. The van der Waals surface area contributed by atoms with Gasteiger partial charge >= 0.3 is 0 Å². The number of nitrogens with one attached hydrogen (secondary N) is 1. The van der Waals surface area contributed by atoms with Crippen LogP contribution in [0.5, 0.6) is 0 Å². The molecule has 0 saturated carbocycles. The summed E-state index contributed by atoms with van der Waals surface area (Å²) in [5.74, 6) is -0.369. The topological polar surface area (TPSA) is 75.5 Å². The Hall–Kier alpha value is -3.67. The van der Waals surface area contributed by atoms with E-state index in [9.17, 15) is 14.9 Å². The quantitative estimate of drug-likeness (QED) is 0.518. The van der Waals surface area contributed by atoms with Gasteiger partial charge in [0.15, 0.2) is 0 Å². The van der Waals surface area contributed by atoms with Crippen LogP contribution in [0.25, 0.3) is 0 Å². The van der Waals surface area contributed by atoms with Crippen LogP contribution in [-0.4, -0.2) is 24.9 Å². The van der Waals surface area contributed by atoms with E-state index in [0.29, 0.717) is 5.69 Å². The fourth-order valence-electron chi connectivity index (χ4n) is 3.05. The highest BCUT2D eigenvalue weighted by Crippen LogP contribution is 2.28. The second kappa shape index (κ2) is 8.35. The number of nitrogens with zero attached hydrogens (tertiary/aromatic N) is 2. The number of hydrogen-bond acceptors (Lipinski definition) is 4. The lowest BCUT2D eigenvalue weighted by atomic mass is 9.98. The Morgan fingerprint density at radius 1 is 0.929 bits per heavy atom. The van der Waals surface area contributed by atoms with Gasteiger partial charge in [-0.05, 0) is 23.3 Å². The molecule has 28 heavy (non-hydrogen) atoms. The summed E-state index contributed by atoms with van der Waals surface area (Å²) < 4.78 is 0. The second-order valence-corrected chi connectivity index (χ2v) is 6.58. The summed E-state index contributed by atoms with van der Waals surface area (Å²) in [5, 5.41) is 14.4. The average Bonchev–Trinajstić information content (AvgIpc) is 2.72. The molecule has 0 spiro atoms. The highest BCUT2D eigenvalue weighted by molar-refractivity contribution is 5.96. The fourth-order valence-corrected chi connectivity index (χ4v) is 3.05. The van der Waals surface area contributed by atoms with Crippen LogP contribution in [-0.2, 0) is 0 Å². The van der Waals surface area contributed by atoms with Gasteiger partial charge in [0.1, 0.15) is 5.69 Å². The molecule has 3 aromatic carbocycles. The summed E-state index contributed by atoms with van der Waals surface area (Å²) in [4.78, 5) is 25.5. The molecule has 0 atom stereocenters. The Labute approximate surface area is 163 Å². The Bertz CT molecular complexity index is 933. The Morgan fingerprint density at radius 2 is 1.46 bits per heavy atom. The maximum absolute atomic E-state index is 12.9. The summed E-state index contributed by atoms with van der Waals surface area (Å²) in [6.07, 6.45) is 0. The molecule has 0 aliphatic heterocycles. The normalized spacial score (nSPS) is 10.5. The van der Waals surface area contributed by atoms with E-state index in [1.165, 1.54) is 6.07 Å². The molecule has 1 amide bonds. The van der Waals surface area contributed by atoms with Gasteiger partial charge in [-0.1, -0.05) is 60.7 Å². The monoisotopic (exact) mass is 375 g/mol. The first-order valence-electron chi connectivity index (χ1n) is 8.84. The van der Waals surface area contributed by atoms with Crippen LogP contribution in [0, 0.1) is 10.1 Å². The fraction of sp³-hybridized carbons (Fsp3) is 0.136. The summed E-state index contributed by atoms with van der Waals surface area (Å²) in [6.45, 7) is 0. The molecular formula is C22H21N3O3. The maximum Gasteiger partial charge on any atom is 0.293 e. The molecule has 6 nitrogen and oxygen atoms in total. The first-order chi connectivity index (χ1) is 13.5. The van der Waals surface area contributed by atoms with Gasteiger partial charge in [0.05, 0.1) is 11.0 Å². The predicted octanol–water partition coefficient (Wildman–Crippen LogP) is 4.18. The molecule has 0 aromatic heterocycles. The number of anilines is 1. The lowest BCUT2D eigenvalue weighted by Gasteiger charge is -2.20. The van der Waals surface area contributed by atoms with Crippen molar-refractivity contribution in [3.63, 3.8) is 0 Å². The zero-order valence-corrected chi connectivity index (χ0v) is 15.7. The molecule has 3 rings (SSSR count). The number of nitro groups is 1. The molecular weight excluding hydrogens is 354 g/mol. The standard InChI is InChI=1S/C22H21N3O3/c1-24(2)19-14-13-18(15-20(19)25(27)28)22(26)23-21(16-9-5-3-6-10-16)17-11-7-4-8-12-17/h3-15,21H,1-2H3,(H,23,26). The van der Waals surface area contributed by atoms with Gasteiger partial charge < -0.3 is 10.2 Å². The van der Waals surface area contributed by atoms with Crippen molar-refractivity contribution in [3.05, 3.63) is 106 Å². The third-order valence-corrected chi connectivity index (χ3v) is 4.46. The van der Waals surface area contributed by atoms with Crippen molar-refractivity contribution >= 4 is 17.3 Å². The number of hydrogen-bond donors (Lipinski definition) is 1. The van der Waals surface area contributed by atoms with Crippen molar-refractivity contribution in [2.75, 3.05) is 19.0 Å². The summed E-state index contributed by atoms with van der Waals surface area (Å²) in [6, 6.07) is 23.4. The average molecular weight is 375 g/mol. The van der Waals surface area contributed by atoms with E-state index in [1.807, 2.05) is 60.7 Å². The zero-order chi connectivity index (χ0) is 20.1. The third kappa shape index (κ3) is 4.17. The van der Waals surface area contributed by atoms with E-state index in [2.05, 4.69) is 5.32 Å². The summed E-state index contributed by atoms with van der Waals surface area (Å²) in [7, 11) is 3.45. The van der Waals surface area contributed by atoms with Crippen molar-refractivity contribution in [1.29, 1.82) is 0 Å². The number of carbonyl (C=O) groups excluding carboxylic acids is 1. The molecule has 0 radical (unpaired) electrons. The lowest BCUT2D eigenvalue weighted by molar-refractivity contribution is -0.384. The van der Waals surface area contributed by atoms with Gasteiger partial charge in [-0.3, -0.25) is 14.9 Å². The van der Waals surface area contributed by atoms with E-state index in [-0.39, 0.29) is 23.2 Å². The highest BCUT2D eigenvalue weighted by atomic mass is 16.6. The number of amides is 1. The van der Waals surface area contributed by atoms with Crippen LogP contribution in [0.4, 0.5) is 11.4 Å². The molecule has 142 valence electrons. The van der Waals surface area contributed by atoms with Gasteiger partial charge in [0.25, 0.3) is 11.6 Å². The zero-order valence-electron chi connectivity index (χ0n) is 15.7. The van der Waals surface area contributed by atoms with E-state index < -0.39 is 4.92 Å². The van der Waals surface area contributed by atoms with E-state index >= 15 is 0 Å². The van der Waals surface area contributed by atoms with Crippen molar-refractivity contribution in [2.45, 2.75) is 6.04 Å². The van der Waals surface area contributed by atoms with Gasteiger partial charge in [-0.2, -0.15) is 0 Å². The minimum absolute atomic E-state index is 0.103. The Balaban J connectivity index is 1.95. The maximum atomic E-state index is 12.9. The molecule has 0 aliphatic rings. The second-order valence-electron chi connectivity index (χ2n) is 6.58. The Kier molecular flexibility index (Phi) is 5.69. The first kappa shape index (κ1) is 19.1. The van der Waals surface area contributed by atoms with Gasteiger partial charge in [0.2, 0.25) is 0 Å². The minimum atomic E-state index is -0.474. The van der Waals surface area contributed by atoms with Gasteiger partial charge in [-0.25, -0.2) is 0 Å². The molecule has 0 heterocycles. The van der Waals surface area contributed by atoms with Gasteiger partial charge in [0, 0.05) is 25.7 Å². The van der Waals surface area contributed by atoms with Crippen LogP contribution in [0.1, 0.15) is 27.5 Å². The Morgan fingerprint density at radius 3 is 1.93 bits per heavy atom. The van der Waals surface area contributed by atoms with E-state index in [0.717, 1.165) is 11.1 Å². The molecule has 0 aliphatic carbocycles. The number of rotatable bonds is 6. The SMILES string of the molecule is CN(C)c1ccc(C(=O)NC(c2ccccc2)c2ccccc2)cc1[N+](=O)[O-]. The largest absolute Gasteiger partial charge is 0.372 e. The number of benzene rings is 3. The van der Waals surface area contributed by atoms with Crippen molar-refractivity contribution < 1.29 is 9.72 Å². The first-order valence-corrected chi connectivity index (χ1v) is 8.84.